The molecular weight excluding hydrogens is 296 g/mol. The number of thiazole rings is 1. The van der Waals surface area contributed by atoms with Crippen molar-refractivity contribution in [3.63, 3.8) is 0 Å². The van der Waals surface area contributed by atoms with E-state index in [0.717, 1.165) is 16.8 Å². The van der Waals surface area contributed by atoms with Crippen LogP contribution < -0.4 is 5.32 Å². The lowest BCUT2D eigenvalue weighted by molar-refractivity contribution is 0.102. The summed E-state index contributed by atoms with van der Waals surface area (Å²) in [6.45, 7) is 7.01. The van der Waals surface area contributed by atoms with Crippen LogP contribution in [-0.2, 0) is 6.54 Å². The monoisotopic (exact) mass is 314 g/mol. The van der Waals surface area contributed by atoms with Crippen LogP contribution in [0.5, 0.6) is 0 Å². The number of hydrogen-bond donors (Lipinski definition) is 1. The minimum absolute atomic E-state index is 0.225. The second-order valence-electron chi connectivity index (χ2n) is 5.38. The van der Waals surface area contributed by atoms with Gasteiger partial charge in [0.25, 0.3) is 5.91 Å². The number of hydrogen-bond acceptors (Lipinski definition) is 4. The molecule has 6 heteroatoms. The molecule has 114 valence electrons. The second-order valence-corrected chi connectivity index (χ2v) is 6.41. The van der Waals surface area contributed by atoms with Crippen LogP contribution in [0.3, 0.4) is 0 Å². The van der Waals surface area contributed by atoms with Gasteiger partial charge in [-0.3, -0.25) is 14.8 Å². The fraction of sp³-hybridized carbons (Fsp3) is 0.312. The number of rotatable bonds is 4. The van der Waals surface area contributed by atoms with Gasteiger partial charge in [-0.15, -0.1) is 0 Å². The molecule has 2 aromatic heterocycles. The molecular formula is C16H18N4OS. The van der Waals surface area contributed by atoms with Crippen molar-refractivity contribution in [3.8, 4) is 0 Å². The molecule has 0 aliphatic heterocycles. The highest BCUT2D eigenvalue weighted by Gasteiger charge is 2.14. The molecule has 2 heterocycles. The van der Waals surface area contributed by atoms with Crippen LogP contribution in [0.25, 0.3) is 10.2 Å². The maximum Gasteiger partial charge on any atom is 0.277 e. The van der Waals surface area contributed by atoms with Gasteiger partial charge in [-0.1, -0.05) is 37.3 Å². The van der Waals surface area contributed by atoms with Crippen molar-refractivity contribution in [1.82, 2.24) is 14.8 Å². The van der Waals surface area contributed by atoms with E-state index < -0.39 is 0 Å². The van der Waals surface area contributed by atoms with Crippen molar-refractivity contribution in [2.75, 3.05) is 5.32 Å². The topological polar surface area (TPSA) is 59.8 Å². The van der Waals surface area contributed by atoms with Crippen LogP contribution in [0.2, 0.25) is 0 Å². The highest BCUT2D eigenvalue weighted by Crippen LogP contribution is 2.31. The van der Waals surface area contributed by atoms with Crippen LogP contribution >= 0.6 is 11.3 Å². The number of carbonyl (C=O) groups excluding carboxylic acids is 1. The summed E-state index contributed by atoms with van der Waals surface area (Å²) in [5, 5.41) is 7.66. The third-order valence-corrected chi connectivity index (χ3v) is 4.43. The molecule has 22 heavy (non-hydrogen) atoms. The first-order valence-electron chi connectivity index (χ1n) is 7.32. The van der Waals surface area contributed by atoms with Gasteiger partial charge >= 0.3 is 0 Å². The molecule has 0 aliphatic rings. The van der Waals surface area contributed by atoms with E-state index in [4.69, 9.17) is 0 Å². The van der Waals surface area contributed by atoms with Gasteiger partial charge in [-0.05, 0) is 30.5 Å². The number of anilines is 1. The molecule has 0 saturated carbocycles. The van der Waals surface area contributed by atoms with Crippen LogP contribution in [-0.4, -0.2) is 20.7 Å². The van der Waals surface area contributed by atoms with Gasteiger partial charge in [0, 0.05) is 12.7 Å². The molecule has 5 nitrogen and oxygen atoms in total. The number of aryl methyl sites for hydroxylation is 1. The summed E-state index contributed by atoms with van der Waals surface area (Å²) in [5.74, 6) is 0.173. The maximum atomic E-state index is 12.2. The van der Waals surface area contributed by atoms with Gasteiger partial charge in [0.05, 0.1) is 10.2 Å². The highest BCUT2D eigenvalue weighted by molar-refractivity contribution is 7.22. The lowest BCUT2D eigenvalue weighted by Gasteiger charge is -2.04. The van der Waals surface area contributed by atoms with Gasteiger partial charge in [-0.25, -0.2) is 4.98 Å². The smallest absolute Gasteiger partial charge is 0.277 e. The predicted octanol–water partition coefficient (Wildman–Crippen LogP) is 3.89. The second kappa shape index (κ2) is 5.88. The first kappa shape index (κ1) is 14.7. The van der Waals surface area contributed by atoms with Crippen LogP contribution in [0.4, 0.5) is 5.13 Å². The normalized spacial score (nSPS) is 11.3. The molecule has 1 N–H and O–H groups in total. The third-order valence-electron chi connectivity index (χ3n) is 3.49. The van der Waals surface area contributed by atoms with Gasteiger partial charge in [0.1, 0.15) is 0 Å². The summed E-state index contributed by atoms with van der Waals surface area (Å²) in [6, 6.07) is 7.86. The lowest BCUT2D eigenvalue weighted by atomic mass is 10.0. The summed E-state index contributed by atoms with van der Waals surface area (Å²) < 4.78 is 2.81. The minimum atomic E-state index is -0.225. The summed E-state index contributed by atoms with van der Waals surface area (Å²) in [4.78, 5) is 16.8. The Hall–Kier alpha value is -2.21. The van der Waals surface area contributed by atoms with Gasteiger partial charge in [-0.2, -0.15) is 5.10 Å². The van der Waals surface area contributed by atoms with Gasteiger partial charge < -0.3 is 0 Å². The van der Waals surface area contributed by atoms with E-state index in [0.29, 0.717) is 16.7 Å². The largest absolute Gasteiger partial charge is 0.296 e. The third kappa shape index (κ3) is 2.74. The van der Waals surface area contributed by atoms with Gasteiger partial charge in [0.2, 0.25) is 0 Å². The number of benzene rings is 1. The fourth-order valence-electron chi connectivity index (χ4n) is 2.31. The molecule has 0 bridgehead atoms. The zero-order chi connectivity index (χ0) is 15.7. The molecule has 1 aromatic carbocycles. The standard InChI is InChI=1S/C16H18N4OS/c1-4-20-9-8-12(19-20)15(21)18-16-17-14-11(10(2)3)6-5-7-13(14)22-16/h5-10H,4H2,1-3H3,(H,17,18,21). The molecule has 0 spiro atoms. The SMILES string of the molecule is CCn1ccc(C(=O)Nc2nc3c(C(C)C)cccc3s2)n1. The zero-order valence-electron chi connectivity index (χ0n) is 12.8. The fourth-order valence-corrected chi connectivity index (χ4v) is 3.20. The van der Waals surface area contributed by atoms with Gasteiger partial charge in [0.15, 0.2) is 10.8 Å². The van der Waals surface area contributed by atoms with E-state index in [2.05, 4.69) is 35.3 Å². The Kier molecular flexibility index (Phi) is 3.94. The molecule has 1 amide bonds. The Bertz CT molecular complexity index is 819. The van der Waals surface area contributed by atoms with Crippen molar-refractivity contribution in [2.45, 2.75) is 33.2 Å². The molecule has 0 unspecified atom stereocenters. The highest BCUT2D eigenvalue weighted by atomic mass is 32.1. The Morgan fingerprint density at radius 1 is 1.36 bits per heavy atom. The summed E-state index contributed by atoms with van der Waals surface area (Å²) in [7, 11) is 0. The Morgan fingerprint density at radius 2 is 2.18 bits per heavy atom. The first-order valence-corrected chi connectivity index (χ1v) is 8.14. The van der Waals surface area contributed by atoms with E-state index in [1.54, 1.807) is 16.9 Å². The lowest BCUT2D eigenvalue weighted by Crippen LogP contribution is -2.13. The van der Waals surface area contributed by atoms with Crippen LogP contribution in [0, 0.1) is 0 Å². The summed E-state index contributed by atoms with van der Waals surface area (Å²) >= 11 is 1.49. The quantitative estimate of drug-likeness (QED) is 0.795. The molecule has 3 rings (SSSR count). The molecule has 0 saturated heterocycles. The van der Waals surface area contributed by atoms with Crippen molar-refractivity contribution in [1.29, 1.82) is 0 Å². The molecule has 0 aliphatic carbocycles. The summed E-state index contributed by atoms with van der Waals surface area (Å²) in [5.41, 5.74) is 2.58. The number of nitrogens with zero attached hydrogens (tertiary/aromatic N) is 3. The number of aromatic nitrogens is 3. The van der Waals surface area contributed by atoms with E-state index in [1.165, 1.54) is 16.9 Å². The molecule has 0 fully saturated rings. The number of nitrogens with one attached hydrogen (secondary N) is 1. The minimum Gasteiger partial charge on any atom is -0.296 e. The average Bonchev–Trinajstić information content (AvgIpc) is 3.12. The van der Waals surface area contributed by atoms with E-state index >= 15 is 0 Å². The zero-order valence-corrected chi connectivity index (χ0v) is 13.6. The molecule has 3 aromatic rings. The number of carbonyl (C=O) groups is 1. The van der Waals surface area contributed by atoms with Crippen LogP contribution in [0.15, 0.2) is 30.5 Å². The first-order chi connectivity index (χ1) is 10.6. The number of amides is 1. The molecule has 0 atom stereocenters. The van der Waals surface area contributed by atoms with E-state index in [-0.39, 0.29) is 5.91 Å². The Morgan fingerprint density at radius 3 is 2.86 bits per heavy atom. The van der Waals surface area contributed by atoms with Crippen molar-refractivity contribution < 1.29 is 4.79 Å². The van der Waals surface area contributed by atoms with Crippen molar-refractivity contribution in [3.05, 3.63) is 41.7 Å². The number of fused-ring (bicyclic) bond motifs is 1. The Balaban J connectivity index is 1.88. The van der Waals surface area contributed by atoms with Crippen molar-refractivity contribution in [2.24, 2.45) is 0 Å². The van der Waals surface area contributed by atoms with Crippen LogP contribution in [0.1, 0.15) is 42.7 Å². The predicted molar refractivity (Wildman–Crippen MR) is 89.6 cm³/mol. The van der Waals surface area contributed by atoms with Crippen molar-refractivity contribution >= 4 is 32.6 Å². The molecule has 0 radical (unpaired) electrons. The maximum absolute atomic E-state index is 12.2. The Labute approximate surface area is 133 Å². The number of para-hydroxylation sites is 1. The van der Waals surface area contributed by atoms with E-state index in [1.807, 2.05) is 19.1 Å². The summed E-state index contributed by atoms with van der Waals surface area (Å²) in [6.07, 6.45) is 1.80. The average molecular weight is 314 g/mol. The van der Waals surface area contributed by atoms with E-state index in [9.17, 15) is 4.79 Å².